The molecule has 0 aromatic heterocycles. The van der Waals surface area contributed by atoms with E-state index in [0.717, 1.165) is 0 Å². The molecule has 12 heavy (non-hydrogen) atoms. The van der Waals surface area contributed by atoms with Gasteiger partial charge in [-0.3, -0.25) is 0 Å². The van der Waals surface area contributed by atoms with Crippen LogP contribution in [0.3, 0.4) is 0 Å². The van der Waals surface area contributed by atoms with Crippen LogP contribution in [0.2, 0.25) is 0 Å². The van der Waals surface area contributed by atoms with Gasteiger partial charge in [-0.05, 0) is 0 Å². The molecule has 0 saturated carbocycles. The van der Waals surface area contributed by atoms with Crippen LogP contribution >= 0.6 is 0 Å². The van der Waals surface area contributed by atoms with Crippen LogP contribution < -0.4 is 0 Å². The molecule has 11 nitrogen and oxygen atoms in total. The van der Waals surface area contributed by atoms with Gasteiger partial charge in [0.1, 0.15) is 0 Å². The monoisotopic (exact) mass is 244 g/mol. The van der Waals surface area contributed by atoms with Gasteiger partial charge in [0.25, 0.3) is 0 Å². The van der Waals surface area contributed by atoms with Gasteiger partial charge < -0.3 is 53.7 Å². The van der Waals surface area contributed by atoms with Crippen molar-refractivity contribution in [3.63, 3.8) is 0 Å². The molecule has 0 aromatic rings. The first-order valence-electron chi connectivity index (χ1n) is 0.548. The molecule has 0 spiro atoms. The SMILES string of the molecule is O.O.O.O.O.O.O.O=[N+]([O-])[O-].[Fe+2]. The van der Waals surface area contributed by atoms with Crippen LogP contribution in [-0.2, 0) is 17.1 Å². The molecule has 0 radical (unpaired) electrons. The number of hydrogen-bond donors (Lipinski definition) is 0. The van der Waals surface area contributed by atoms with E-state index in [1.165, 1.54) is 0 Å². The van der Waals surface area contributed by atoms with Crippen LogP contribution in [0.5, 0.6) is 0 Å². The van der Waals surface area contributed by atoms with Crippen molar-refractivity contribution in [2.75, 3.05) is 0 Å². The summed E-state index contributed by atoms with van der Waals surface area (Å²) in [5.41, 5.74) is 0. The summed E-state index contributed by atoms with van der Waals surface area (Å²) in [4.78, 5) is 8.25. The Morgan fingerprint density at radius 3 is 0.667 bits per heavy atom. The molecule has 0 aromatic carbocycles. The summed E-state index contributed by atoms with van der Waals surface area (Å²) in [5.74, 6) is 0. The molecule has 0 aliphatic carbocycles. The molecule has 86 valence electrons. The minimum absolute atomic E-state index is 0. The van der Waals surface area contributed by atoms with E-state index in [9.17, 15) is 0 Å². The van der Waals surface area contributed by atoms with E-state index in [-0.39, 0.29) is 55.4 Å². The zero-order valence-electron chi connectivity index (χ0n) is 5.53. The first kappa shape index (κ1) is 209. The van der Waals surface area contributed by atoms with Crippen molar-refractivity contribution in [3.8, 4) is 0 Å². The quantitative estimate of drug-likeness (QED) is 0.228. The Kier molecular flexibility index (Phi) is 2730. The van der Waals surface area contributed by atoms with E-state index in [1.807, 2.05) is 0 Å². The fourth-order valence-electron chi connectivity index (χ4n) is 0. The zero-order valence-corrected chi connectivity index (χ0v) is 6.63. The molecule has 0 fully saturated rings. The van der Waals surface area contributed by atoms with E-state index >= 15 is 0 Å². The van der Waals surface area contributed by atoms with Gasteiger partial charge in [0, 0.05) is 0 Å². The minimum atomic E-state index is -1.75. The number of nitrogens with zero attached hydrogens (tertiary/aromatic N) is 1. The van der Waals surface area contributed by atoms with Gasteiger partial charge in [-0.15, -0.1) is 0 Å². The second-order valence-electron chi connectivity index (χ2n) is 0.224. The summed E-state index contributed by atoms with van der Waals surface area (Å²) in [6.07, 6.45) is 0. The normalized spacial score (nSPS) is 2.00. The maximum absolute atomic E-state index is 8.25. The third kappa shape index (κ3) is 2140. The summed E-state index contributed by atoms with van der Waals surface area (Å²) in [6, 6.07) is 0. The Morgan fingerprint density at radius 2 is 0.667 bits per heavy atom. The maximum Gasteiger partial charge on any atom is 2.00 e. The van der Waals surface area contributed by atoms with E-state index in [2.05, 4.69) is 0 Å². The van der Waals surface area contributed by atoms with Gasteiger partial charge in [0.15, 0.2) is 0 Å². The predicted octanol–water partition coefficient (Wildman–Crippen LogP) is -6.01. The van der Waals surface area contributed by atoms with Crippen molar-refractivity contribution in [2.24, 2.45) is 0 Å². The van der Waals surface area contributed by atoms with Crippen molar-refractivity contribution < 1.29 is 60.5 Å². The first-order chi connectivity index (χ1) is 1.73. The molecule has 0 amide bonds. The molecule has 14 N–H and O–H groups in total. The second kappa shape index (κ2) is 156. The Morgan fingerprint density at radius 1 is 0.667 bits per heavy atom. The van der Waals surface area contributed by atoms with Crippen LogP contribution in [0.15, 0.2) is 0 Å². The van der Waals surface area contributed by atoms with Crippen molar-refractivity contribution >= 4 is 0 Å². The average molecular weight is 244 g/mol. The molecule has 0 bridgehead atoms. The third-order valence-electron chi connectivity index (χ3n) is 0. The predicted molar refractivity (Wildman–Crippen MR) is 35.7 cm³/mol. The number of rotatable bonds is 0. The molecule has 0 saturated heterocycles. The molecule has 0 aliphatic heterocycles. The first-order valence-corrected chi connectivity index (χ1v) is 0.548. The van der Waals surface area contributed by atoms with Gasteiger partial charge in [0.05, 0.1) is 5.09 Å². The van der Waals surface area contributed by atoms with Crippen LogP contribution in [-0.4, -0.2) is 43.4 Å². The third-order valence-corrected chi connectivity index (χ3v) is 0. The second-order valence-corrected chi connectivity index (χ2v) is 0.224. The van der Waals surface area contributed by atoms with Crippen LogP contribution in [0, 0.1) is 15.3 Å². The van der Waals surface area contributed by atoms with E-state index < -0.39 is 5.09 Å². The molecule has 0 aliphatic rings. The molecule has 12 heteroatoms. The van der Waals surface area contributed by atoms with Crippen LogP contribution in [0.25, 0.3) is 0 Å². The van der Waals surface area contributed by atoms with Crippen molar-refractivity contribution in [1.82, 2.24) is 0 Å². The standard InChI is InChI=1S/Fe.NO3.7H2O/c;2-1(3)4;;;;;;;/h;;7*1H2/q+2;-1;;;;;;;. The Balaban J connectivity index is -0.00000000161. The summed E-state index contributed by atoms with van der Waals surface area (Å²) in [5, 5.41) is 14.8. The summed E-state index contributed by atoms with van der Waals surface area (Å²) in [6.45, 7) is 0. The van der Waals surface area contributed by atoms with Crippen molar-refractivity contribution in [3.05, 3.63) is 15.3 Å². The van der Waals surface area contributed by atoms with E-state index in [4.69, 9.17) is 15.3 Å². The smallest absolute Gasteiger partial charge is 0.412 e. The largest absolute Gasteiger partial charge is 2.00 e. The van der Waals surface area contributed by atoms with Crippen molar-refractivity contribution in [1.29, 1.82) is 0 Å². The van der Waals surface area contributed by atoms with Gasteiger partial charge in [0.2, 0.25) is 0 Å². The summed E-state index contributed by atoms with van der Waals surface area (Å²) in [7, 11) is 0. The summed E-state index contributed by atoms with van der Waals surface area (Å²) >= 11 is 0. The summed E-state index contributed by atoms with van der Waals surface area (Å²) < 4.78 is 0. The van der Waals surface area contributed by atoms with Gasteiger partial charge in [-0.2, -0.15) is 0 Å². The van der Waals surface area contributed by atoms with E-state index in [0.29, 0.717) is 0 Å². The molecule has 0 heterocycles. The zero-order chi connectivity index (χ0) is 3.58. The Hall–Kier alpha value is -0.561. The fraction of sp³-hybridized carbons (Fsp3) is 0. The average Bonchev–Trinajstić information content (AvgIpc) is 0.811. The van der Waals surface area contributed by atoms with Crippen LogP contribution in [0.4, 0.5) is 0 Å². The maximum atomic E-state index is 8.25. The molecular formula is H14FeNO10+. The number of hydrogen-bond acceptors (Lipinski definition) is 3. The van der Waals surface area contributed by atoms with Crippen molar-refractivity contribution in [2.45, 2.75) is 0 Å². The molecular weight excluding hydrogens is 230 g/mol. The Bertz CT molecular complexity index is 32.8. The molecule has 0 atom stereocenters. The fourth-order valence-corrected chi connectivity index (χ4v) is 0. The minimum Gasteiger partial charge on any atom is -0.412 e. The Labute approximate surface area is 76.7 Å². The molecule has 0 unspecified atom stereocenters. The molecule has 0 rings (SSSR count). The van der Waals surface area contributed by atoms with Gasteiger partial charge >= 0.3 is 17.1 Å². The van der Waals surface area contributed by atoms with Gasteiger partial charge in [-0.25, -0.2) is 0 Å². The topological polar surface area (TPSA) is 287 Å². The van der Waals surface area contributed by atoms with E-state index in [1.54, 1.807) is 0 Å². The van der Waals surface area contributed by atoms with Crippen LogP contribution in [0.1, 0.15) is 0 Å². The van der Waals surface area contributed by atoms with Gasteiger partial charge in [-0.1, -0.05) is 0 Å².